The van der Waals surface area contributed by atoms with Crippen LogP contribution in [-0.2, 0) is 0 Å². The molecule has 0 aliphatic carbocycles. The first-order valence-corrected chi connectivity index (χ1v) is 9.01. The summed E-state index contributed by atoms with van der Waals surface area (Å²) in [7, 11) is 7.07. The van der Waals surface area contributed by atoms with Crippen molar-refractivity contribution in [2.75, 3.05) is 46.7 Å². The van der Waals surface area contributed by atoms with Gasteiger partial charge in [0.15, 0.2) is 0 Å². The molecule has 0 saturated heterocycles. The van der Waals surface area contributed by atoms with Gasteiger partial charge in [-0.15, -0.1) is 0 Å². The van der Waals surface area contributed by atoms with Crippen molar-refractivity contribution in [2.45, 2.75) is 6.42 Å². The molecule has 2 aromatic carbocycles. The largest absolute Gasteiger partial charge is 0.497 e. The Morgan fingerprint density at radius 1 is 0.929 bits per heavy atom. The Hall–Kier alpha value is -3.06. The molecule has 0 unspecified atom stereocenters. The highest BCUT2D eigenvalue weighted by Gasteiger charge is 2.12. The quantitative estimate of drug-likeness (QED) is 0.649. The van der Waals surface area contributed by atoms with Crippen LogP contribution in [-0.4, -0.2) is 58.1 Å². The number of anilines is 1. The van der Waals surface area contributed by atoms with Crippen LogP contribution in [0.5, 0.6) is 11.5 Å². The summed E-state index contributed by atoms with van der Waals surface area (Å²) < 4.78 is 10.4. The van der Waals surface area contributed by atoms with Gasteiger partial charge in [-0.25, -0.2) is 0 Å². The smallest absolute Gasteiger partial charge is 0.255 e. The van der Waals surface area contributed by atoms with E-state index in [2.05, 4.69) is 15.5 Å². The molecular weight excluding hydrogens is 358 g/mol. The number of carbonyl (C=O) groups is 2. The maximum atomic E-state index is 12.5. The van der Waals surface area contributed by atoms with Crippen LogP contribution < -0.4 is 20.1 Å². The van der Waals surface area contributed by atoms with Crippen LogP contribution in [0.3, 0.4) is 0 Å². The number of nitrogens with zero attached hydrogens (tertiary/aromatic N) is 1. The Kier molecular flexibility index (Phi) is 7.83. The van der Waals surface area contributed by atoms with Gasteiger partial charge in [0.05, 0.1) is 19.9 Å². The Bertz CT molecular complexity index is 804. The molecule has 0 aliphatic heterocycles. The predicted octanol–water partition coefficient (Wildman–Crippen LogP) is 2.64. The second-order valence-electron chi connectivity index (χ2n) is 6.51. The van der Waals surface area contributed by atoms with Crippen molar-refractivity contribution < 1.29 is 19.1 Å². The lowest BCUT2D eigenvalue weighted by Gasteiger charge is -2.12. The van der Waals surface area contributed by atoms with Gasteiger partial charge in [-0.3, -0.25) is 9.59 Å². The molecule has 0 heterocycles. The monoisotopic (exact) mass is 385 g/mol. The van der Waals surface area contributed by atoms with E-state index in [9.17, 15) is 9.59 Å². The first kappa shape index (κ1) is 21.2. The van der Waals surface area contributed by atoms with E-state index < -0.39 is 0 Å². The molecule has 28 heavy (non-hydrogen) atoms. The van der Waals surface area contributed by atoms with Crippen molar-refractivity contribution in [2.24, 2.45) is 0 Å². The Labute approximate surface area is 165 Å². The van der Waals surface area contributed by atoms with Crippen LogP contribution in [0.15, 0.2) is 42.5 Å². The summed E-state index contributed by atoms with van der Waals surface area (Å²) in [6, 6.07) is 11.7. The second kappa shape index (κ2) is 10.3. The van der Waals surface area contributed by atoms with Crippen LogP contribution in [0, 0.1) is 0 Å². The molecule has 2 N–H and O–H groups in total. The fourth-order valence-corrected chi connectivity index (χ4v) is 2.57. The molecule has 2 aromatic rings. The molecule has 0 aromatic heterocycles. The number of ether oxygens (including phenoxy) is 2. The maximum Gasteiger partial charge on any atom is 0.255 e. The van der Waals surface area contributed by atoms with Gasteiger partial charge < -0.3 is 25.0 Å². The third-order valence-corrected chi connectivity index (χ3v) is 4.13. The van der Waals surface area contributed by atoms with Crippen LogP contribution in [0.4, 0.5) is 5.69 Å². The van der Waals surface area contributed by atoms with E-state index in [-0.39, 0.29) is 11.8 Å². The van der Waals surface area contributed by atoms with E-state index >= 15 is 0 Å². The molecule has 0 atom stereocenters. The molecule has 150 valence electrons. The number of rotatable bonds is 9. The lowest BCUT2D eigenvalue weighted by Crippen LogP contribution is -2.27. The van der Waals surface area contributed by atoms with E-state index in [0.717, 1.165) is 13.0 Å². The molecule has 7 heteroatoms. The van der Waals surface area contributed by atoms with Crippen molar-refractivity contribution in [3.8, 4) is 11.5 Å². The molecule has 0 bridgehead atoms. The highest BCUT2D eigenvalue weighted by atomic mass is 16.5. The number of nitrogens with one attached hydrogen (secondary N) is 2. The number of benzene rings is 2. The average molecular weight is 385 g/mol. The third-order valence-electron chi connectivity index (χ3n) is 4.13. The minimum Gasteiger partial charge on any atom is -0.497 e. The Morgan fingerprint density at radius 3 is 2.14 bits per heavy atom. The number of methoxy groups -OCH3 is 2. The summed E-state index contributed by atoms with van der Waals surface area (Å²) in [5.41, 5.74) is 1.50. The van der Waals surface area contributed by atoms with E-state index in [4.69, 9.17) is 9.47 Å². The van der Waals surface area contributed by atoms with Crippen molar-refractivity contribution in [3.05, 3.63) is 53.6 Å². The van der Waals surface area contributed by atoms with Crippen molar-refractivity contribution >= 4 is 17.5 Å². The third kappa shape index (κ3) is 5.99. The van der Waals surface area contributed by atoms with E-state index in [1.807, 2.05) is 14.1 Å². The molecule has 0 aliphatic rings. The predicted molar refractivity (Wildman–Crippen MR) is 109 cm³/mol. The standard InChI is InChI=1S/C21H27N3O4/c1-24(2)13-5-12-22-20(25)15-6-8-16(9-7-15)21(26)23-18-11-10-17(27-3)14-19(18)28-4/h6-11,14H,5,12-13H2,1-4H3,(H,22,25)(H,23,26). The molecule has 0 radical (unpaired) electrons. The molecule has 2 rings (SSSR count). The number of carbonyl (C=O) groups excluding carboxylic acids is 2. The lowest BCUT2D eigenvalue weighted by molar-refractivity contribution is 0.0950. The summed E-state index contributed by atoms with van der Waals surface area (Å²) in [4.78, 5) is 26.7. The molecule has 0 spiro atoms. The fraction of sp³-hybridized carbons (Fsp3) is 0.333. The molecule has 0 fully saturated rings. The van der Waals surface area contributed by atoms with Gasteiger partial charge in [-0.2, -0.15) is 0 Å². The average Bonchev–Trinajstić information content (AvgIpc) is 2.71. The molecule has 0 saturated carbocycles. The molecule has 2 amide bonds. The van der Waals surface area contributed by atoms with E-state index in [1.54, 1.807) is 49.6 Å². The second-order valence-corrected chi connectivity index (χ2v) is 6.51. The summed E-state index contributed by atoms with van der Waals surface area (Å²) in [6.45, 7) is 1.52. The summed E-state index contributed by atoms with van der Waals surface area (Å²) in [5, 5.41) is 5.68. The van der Waals surface area contributed by atoms with Gasteiger partial charge in [0, 0.05) is 23.7 Å². The fourth-order valence-electron chi connectivity index (χ4n) is 2.57. The molecule has 7 nitrogen and oxygen atoms in total. The maximum absolute atomic E-state index is 12.5. The van der Waals surface area contributed by atoms with Crippen molar-refractivity contribution in [1.82, 2.24) is 10.2 Å². The zero-order valence-corrected chi connectivity index (χ0v) is 16.7. The summed E-state index contributed by atoms with van der Waals surface area (Å²) >= 11 is 0. The topological polar surface area (TPSA) is 79.9 Å². The van der Waals surface area contributed by atoms with Crippen molar-refractivity contribution in [1.29, 1.82) is 0 Å². The van der Waals surface area contributed by atoms with E-state index in [0.29, 0.717) is 34.9 Å². The Morgan fingerprint density at radius 2 is 1.57 bits per heavy atom. The SMILES string of the molecule is COc1ccc(NC(=O)c2ccc(C(=O)NCCCN(C)C)cc2)c(OC)c1. The normalized spacial score (nSPS) is 10.5. The summed E-state index contributed by atoms with van der Waals surface area (Å²) in [6.07, 6.45) is 0.878. The zero-order valence-electron chi connectivity index (χ0n) is 16.7. The summed E-state index contributed by atoms with van der Waals surface area (Å²) in [5.74, 6) is 0.696. The number of amides is 2. The van der Waals surface area contributed by atoms with Gasteiger partial charge in [0.2, 0.25) is 0 Å². The minimum absolute atomic E-state index is 0.150. The number of hydrogen-bond donors (Lipinski definition) is 2. The van der Waals surface area contributed by atoms with E-state index in [1.165, 1.54) is 7.11 Å². The first-order valence-electron chi connectivity index (χ1n) is 9.01. The van der Waals surface area contributed by atoms with Gasteiger partial charge in [0.25, 0.3) is 11.8 Å². The van der Waals surface area contributed by atoms with Crippen LogP contribution >= 0.6 is 0 Å². The van der Waals surface area contributed by atoms with Crippen LogP contribution in [0.1, 0.15) is 27.1 Å². The molecular formula is C21H27N3O4. The van der Waals surface area contributed by atoms with Crippen LogP contribution in [0.25, 0.3) is 0 Å². The van der Waals surface area contributed by atoms with Gasteiger partial charge in [-0.1, -0.05) is 0 Å². The highest BCUT2D eigenvalue weighted by Crippen LogP contribution is 2.29. The Balaban J connectivity index is 1.97. The highest BCUT2D eigenvalue weighted by molar-refractivity contribution is 6.05. The van der Waals surface area contributed by atoms with Crippen LogP contribution in [0.2, 0.25) is 0 Å². The number of hydrogen-bond acceptors (Lipinski definition) is 5. The first-order chi connectivity index (χ1) is 13.4. The van der Waals surface area contributed by atoms with Crippen molar-refractivity contribution in [3.63, 3.8) is 0 Å². The van der Waals surface area contributed by atoms with Gasteiger partial charge in [0.1, 0.15) is 11.5 Å². The minimum atomic E-state index is -0.290. The van der Waals surface area contributed by atoms with Gasteiger partial charge >= 0.3 is 0 Å². The van der Waals surface area contributed by atoms with Gasteiger partial charge in [-0.05, 0) is 63.5 Å². The lowest BCUT2D eigenvalue weighted by atomic mass is 10.1. The zero-order chi connectivity index (χ0) is 20.5.